The third-order valence-electron chi connectivity index (χ3n) is 4.01. The maximum Gasteiger partial charge on any atom is 0.0386 e. The Morgan fingerprint density at radius 2 is 1.83 bits per heavy atom. The molecule has 1 aromatic rings. The van der Waals surface area contributed by atoms with E-state index in [1.165, 1.54) is 56.7 Å². The van der Waals surface area contributed by atoms with Crippen LogP contribution in [0.2, 0.25) is 0 Å². The van der Waals surface area contributed by atoms with Crippen molar-refractivity contribution in [3.05, 3.63) is 24.3 Å². The highest BCUT2D eigenvalue weighted by molar-refractivity contribution is 5.55. The van der Waals surface area contributed by atoms with E-state index in [9.17, 15) is 0 Å². The molecule has 3 rings (SSSR count). The molecule has 1 aromatic carbocycles. The van der Waals surface area contributed by atoms with Gasteiger partial charge in [-0.1, -0.05) is 0 Å². The summed E-state index contributed by atoms with van der Waals surface area (Å²) < 4.78 is 0. The Balaban J connectivity index is 1.59. The van der Waals surface area contributed by atoms with Gasteiger partial charge in [-0.05, 0) is 56.5 Å². The Morgan fingerprint density at radius 1 is 1.06 bits per heavy atom. The van der Waals surface area contributed by atoms with Crippen molar-refractivity contribution in [1.29, 1.82) is 0 Å². The largest absolute Gasteiger partial charge is 0.381 e. The number of anilines is 2. The predicted octanol–water partition coefficient (Wildman–Crippen LogP) is 2.45. The lowest BCUT2D eigenvalue weighted by Crippen LogP contribution is -2.38. The number of nitrogens with zero attached hydrogens (tertiary/aromatic N) is 1. The van der Waals surface area contributed by atoms with E-state index in [4.69, 9.17) is 0 Å². The molecule has 18 heavy (non-hydrogen) atoms. The number of rotatable bonds is 3. The summed E-state index contributed by atoms with van der Waals surface area (Å²) in [6, 6.07) is 9.55. The molecule has 0 aliphatic carbocycles. The van der Waals surface area contributed by atoms with E-state index in [-0.39, 0.29) is 0 Å². The summed E-state index contributed by atoms with van der Waals surface area (Å²) in [5.41, 5.74) is 2.63. The van der Waals surface area contributed by atoms with Gasteiger partial charge in [0.2, 0.25) is 0 Å². The van der Waals surface area contributed by atoms with Crippen molar-refractivity contribution >= 4 is 11.4 Å². The fourth-order valence-electron chi connectivity index (χ4n) is 2.95. The van der Waals surface area contributed by atoms with Gasteiger partial charge >= 0.3 is 0 Å². The van der Waals surface area contributed by atoms with E-state index in [0.29, 0.717) is 6.04 Å². The van der Waals surface area contributed by atoms with Crippen LogP contribution in [-0.4, -0.2) is 32.2 Å². The molecule has 0 spiro atoms. The first-order valence-electron chi connectivity index (χ1n) is 7.24. The quantitative estimate of drug-likeness (QED) is 0.856. The third kappa shape index (κ3) is 2.78. The van der Waals surface area contributed by atoms with Gasteiger partial charge in [-0.3, -0.25) is 0 Å². The number of hydrogen-bond acceptors (Lipinski definition) is 3. The van der Waals surface area contributed by atoms with Crippen molar-refractivity contribution in [3.8, 4) is 0 Å². The van der Waals surface area contributed by atoms with Crippen molar-refractivity contribution in [1.82, 2.24) is 5.32 Å². The summed E-state index contributed by atoms with van der Waals surface area (Å²) >= 11 is 0. The molecule has 0 aromatic heterocycles. The third-order valence-corrected chi connectivity index (χ3v) is 4.01. The van der Waals surface area contributed by atoms with Gasteiger partial charge in [-0.25, -0.2) is 0 Å². The second-order valence-electron chi connectivity index (χ2n) is 5.43. The van der Waals surface area contributed by atoms with Crippen LogP contribution in [0.5, 0.6) is 0 Å². The molecular formula is C15H23N3. The highest BCUT2D eigenvalue weighted by Gasteiger charge is 2.14. The van der Waals surface area contributed by atoms with Gasteiger partial charge in [0.1, 0.15) is 0 Å². The monoisotopic (exact) mass is 245 g/mol. The maximum atomic E-state index is 3.62. The molecule has 1 atom stereocenters. The zero-order chi connectivity index (χ0) is 12.2. The number of hydrogen-bond donors (Lipinski definition) is 2. The molecule has 2 N–H and O–H groups in total. The fraction of sp³-hybridized carbons (Fsp3) is 0.600. The van der Waals surface area contributed by atoms with Crippen LogP contribution in [0.3, 0.4) is 0 Å². The molecule has 0 radical (unpaired) electrons. The van der Waals surface area contributed by atoms with Crippen LogP contribution in [0.15, 0.2) is 24.3 Å². The summed E-state index contributed by atoms with van der Waals surface area (Å²) in [6.45, 7) is 4.71. The first kappa shape index (κ1) is 11.8. The molecule has 3 heteroatoms. The molecule has 3 nitrogen and oxygen atoms in total. The van der Waals surface area contributed by atoms with Crippen molar-refractivity contribution in [2.75, 3.05) is 36.4 Å². The molecule has 0 bridgehead atoms. The summed E-state index contributed by atoms with van der Waals surface area (Å²) in [7, 11) is 0. The van der Waals surface area contributed by atoms with Crippen molar-refractivity contribution < 1.29 is 0 Å². The summed E-state index contributed by atoms with van der Waals surface area (Å²) in [5.74, 6) is 0. The van der Waals surface area contributed by atoms with Crippen molar-refractivity contribution in [2.24, 2.45) is 0 Å². The van der Waals surface area contributed by atoms with Crippen LogP contribution in [0.4, 0.5) is 11.4 Å². The van der Waals surface area contributed by atoms with Crippen LogP contribution in [0.25, 0.3) is 0 Å². The van der Waals surface area contributed by atoms with Gasteiger partial charge in [0.25, 0.3) is 0 Å². The SMILES string of the molecule is c1cc(N2CCCC2)ccc1NC1CCCNC1. The normalized spacial score (nSPS) is 24.2. The minimum absolute atomic E-state index is 0.594. The summed E-state index contributed by atoms with van der Waals surface area (Å²) in [6.07, 6.45) is 5.24. The topological polar surface area (TPSA) is 27.3 Å². The van der Waals surface area contributed by atoms with Gasteiger partial charge in [0, 0.05) is 37.1 Å². The second-order valence-corrected chi connectivity index (χ2v) is 5.43. The number of piperidine rings is 1. The molecular weight excluding hydrogens is 222 g/mol. The van der Waals surface area contributed by atoms with Crippen LogP contribution in [0.1, 0.15) is 25.7 Å². The second kappa shape index (κ2) is 5.61. The van der Waals surface area contributed by atoms with Crippen LogP contribution >= 0.6 is 0 Å². The van der Waals surface area contributed by atoms with E-state index in [2.05, 4.69) is 39.8 Å². The average molecular weight is 245 g/mol. The Morgan fingerprint density at radius 3 is 2.50 bits per heavy atom. The van der Waals surface area contributed by atoms with E-state index >= 15 is 0 Å². The standard InChI is InChI=1S/C15H23N3/c1-2-11-18(10-1)15-7-5-13(6-8-15)17-14-4-3-9-16-12-14/h5-8,14,16-17H,1-4,9-12H2. The molecule has 2 fully saturated rings. The lowest BCUT2D eigenvalue weighted by Gasteiger charge is -2.25. The molecule has 2 heterocycles. The molecule has 0 amide bonds. The lowest BCUT2D eigenvalue weighted by atomic mass is 10.1. The zero-order valence-electron chi connectivity index (χ0n) is 11.0. The molecule has 0 saturated carbocycles. The van der Waals surface area contributed by atoms with Crippen LogP contribution in [0, 0.1) is 0 Å². The first-order chi connectivity index (χ1) is 8.92. The fourth-order valence-corrected chi connectivity index (χ4v) is 2.95. The van der Waals surface area contributed by atoms with E-state index in [1.807, 2.05) is 0 Å². The highest BCUT2D eigenvalue weighted by Crippen LogP contribution is 2.22. The van der Waals surface area contributed by atoms with Crippen LogP contribution < -0.4 is 15.5 Å². The van der Waals surface area contributed by atoms with Crippen molar-refractivity contribution in [2.45, 2.75) is 31.7 Å². The molecule has 2 aliphatic heterocycles. The van der Waals surface area contributed by atoms with Gasteiger partial charge in [0.05, 0.1) is 0 Å². The minimum Gasteiger partial charge on any atom is -0.381 e. The lowest BCUT2D eigenvalue weighted by molar-refractivity contribution is 0.480. The van der Waals surface area contributed by atoms with E-state index in [1.54, 1.807) is 0 Å². The Kier molecular flexibility index (Phi) is 3.69. The molecule has 2 saturated heterocycles. The van der Waals surface area contributed by atoms with Crippen molar-refractivity contribution in [3.63, 3.8) is 0 Å². The van der Waals surface area contributed by atoms with Crippen LogP contribution in [-0.2, 0) is 0 Å². The predicted molar refractivity (Wildman–Crippen MR) is 77.4 cm³/mol. The van der Waals surface area contributed by atoms with Gasteiger partial charge in [-0.15, -0.1) is 0 Å². The Hall–Kier alpha value is -1.22. The Bertz CT molecular complexity index is 362. The van der Waals surface area contributed by atoms with Gasteiger partial charge in [0.15, 0.2) is 0 Å². The summed E-state index contributed by atoms with van der Waals surface area (Å²) in [4.78, 5) is 2.48. The smallest absolute Gasteiger partial charge is 0.0386 e. The van der Waals surface area contributed by atoms with E-state index < -0.39 is 0 Å². The van der Waals surface area contributed by atoms with Gasteiger partial charge in [-0.2, -0.15) is 0 Å². The van der Waals surface area contributed by atoms with E-state index in [0.717, 1.165) is 6.54 Å². The van der Waals surface area contributed by atoms with Gasteiger partial charge < -0.3 is 15.5 Å². The number of benzene rings is 1. The first-order valence-corrected chi connectivity index (χ1v) is 7.24. The molecule has 2 aliphatic rings. The Labute approximate surface area is 110 Å². The number of nitrogens with one attached hydrogen (secondary N) is 2. The maximum absolute atomic E-state index is 3.62. The highest BCUT2D eigenvalue weighted by atomic mass is 15.1. The molecule has 1 unspecified atom stereocenters. The molecule has 98 valence electrons. The minimum atomic E-state index is 0.594. The summed E-state index contributed by atoms with van der Waals surface area (Å²) in [5, 5.41) is 7.06. The zero-order valence-corrected chi connectivity index (χ0v) is 11.0. The average Bonchev–Trinajstić information content (AvgIpc) is 2.95.